The predicted molar refractivity (Wildman–Crippen MR) is 84.8 cm³/mol. The Labute approximate surface area is 130 Å². The predicted octanol–water partition coefficient (Wildman–Crippen LogP) is 1.77. The standard InChI is InChI=1S/C16H23N5O/c22-16(14-11-20-21-10-9-17-12-15(14)21)19-8-7-18-13-5-3-1-2-4-6-13/h9-13,18H,1-8H2,(H,19,22). The first-order valence-electron chi connectivity index (χ1n) is 8.13. The zero-order valence-corrected chi connectivity index (χ0v) is 12.8. The van der Waals surface area contributed by atoms with Crippen molar-refractivity contribution in [3.05, 3.63) is 30.4 Å². The van der Waals surface area contributed by atoms with Crippen LogP contribution in [0.2, 0.25) is 0 Å². The van der Waals surface area contributed by atoms with Gasteiger partial charge in [-0.2, -0.15) is 5.10 Å². The van der Waals surface area contributed by atoms with E-state index in [1.165, 1.54) is 38.5 Å². The van der Waals surface area contributed by atoms with Crippen LogP contribution in [0.3, 0.4) is 0 Å². The molecule has 118 valence electrons. The van der Waals surface area contributed by atoms with Gasteiger partial charge in [-0.3, -0.25) is 9.78 Å². The average Bonchev–Trinajstić information content (AvgIpc) is 2.80. The molecule has 0 aliphatic heterocycles. The summed E-state index contributed by atoms with van der Waals surface area (Å²) in [5.41, 5.74) is 1.30. The summed E-state index contributed by atoms with van der Waals surface area (Å²) >= 11 is 0. The van der Waals surface area contributed by atoms with Gasteiger partial charge in [-0.25, -0.2) is 4.52 Å². The third-order valence-corrected chi connectivity index (χ3v) is 4.27. The van der Waals surface area contributed by atoms with E-state index in [1.807, 2.05) is 0 Å². The molecule has 1 saturated carbocycles. The summed E-state index contributed by atoms with van der Waals surface area (Å²) in [6, 6.07) is 0.612. The maximum atomic E-state index is 12.2. The monoisotopic (exact) mass is 301 g/mol. The van der Waals surface area contributed by atoms with Gasteiger partial charge in [0.25, 0.3) is 5.91 Å². The molecular weight excluding hydrogens is 278 g/mol. The van der Waals surface area contributed by atoms with E-state index in [-0.39, 0.29) is 5.91 Å². The fraction of sp³-hybridized carbons (Fsp3) is 0.562. The lowest BCUT2D eigenvalue weighted by Crippen LogP contribution is -2.36. The van der Waals surface area contributed by atoms with Crippen LogP contribution in [0.25, 0.3) is 5.52 Å². The Balaban J connectivity index is 1.46. The quantitative estimate of drug-likeness (QED) is 0.652. The van der Waals surface area contributed by atoms with Crippen molar-refractivity contribution in [2.45, 2.75) is 44.6 Å². The minimum absolute atomic E-state index is 0.0920. The van der Waals surface area contributed by atoms with E-state index < -0.39 is 0 Å². The molecule has 0 bridgehead atoms. The number of amides is 1. The molecule has 6 heteroatoms. The molecule has 1 aliphatic rings. The van der Waals surface area contributed by atoms with Gasteiger partial charge < -0.3 is 10.6 Å². The maximum Gasteiger partial charge on any atom is 0.255 e. The van der Waals surface area contributed by atoms with E-state index in [0.717, 1.165) is 12.1 Å². The molecule has 2 heterocycles. The van der Waals surface area contributed by atoms with Crippen molar-refractivity contribution in [3.8, 4) is 0 Å². The number of fused-ring (bicyclic) bond motifs is 1. The molecule has 0 atom stereocenters. The molecule has 0 unspecified atom stereocenters. The van der Waals surface area contributed by atoms with Crippen molar-refractivity contribution >= 4 is 11.4 Å². The third kappa shape index (κ3) is 3.62. The molecule has 1 fully saturated rings. The summed E-state index contributed by atoms with van der Waals surface area (Å²) in [5, 5.41) is 10.7. The Bertz CT molecular complexity index is 616. The van der Waals surface area contributed by atoms with Crippen molar-refractivity contribution in [2.24, 2.45) is 0 Å². The fourth-order valence-corrected chi connectivity index (χ4v) is 3.04. The van der Waals surface area contributed by atoms with Crippen LogP contribution in [0.1, 0.15) is 48.9 Å². The first-order chi connectivity index (χ1) is 10.8. The first-order valence-corrected chi connectivity index (χ1v) is 8.13. The number of carbonyl (C=O) groups is 1. The molecule has 2 N–H and O–H groups in total. The number of rotatable bonds is 5. The summed E-state index contributed by atoms with van der Waals surface area (Å²) in [7, 11) is 0. The molecule has 1 amide bonds. The molecule has 2 aromatic rings. The zero-order chi connectivity index (χ0) is 15.2. The molecule has 3 rings (SSSR count). The van der Waals surface area contributed by atoms with Gasteiger partial charge in [0, 0.05) is 31.5 Å². The van der Waals surface area contributed by atoms with Gasteiger partial charge in [0.05, 0.1) is 23.5 Å². The Kier molecular flexibility index (Phi) is 5.00. The van der Waals surface area contributed by atoms with Crippen LogP contribution in [-0.2, 0) is 0 Å². The number of carbonyl (C=O) groups excluding carboxylic acids is 1. The number of hydrogen-bond acceptors (Lipinski definition) is 4. The summed E-state index contributed by atoms with van der Waals surface area (Å²) in [5.74, 6) is -0.0920. The van der Waals surface area contributed by atoms with E-state index in [2.05, 4.69) is 20.7 Å². The molecule has 1 aliphatic carbocycles. The van der Waals surface area contributed by atoms with Crippen LogP contribution >= 0.6 is 0 Å². The van der Waals surface area contributed by atoms with Gasteiger partial charge in [0.1, 0.15) is 0 Å². The zero-order valence-electron chi connectivity index (χ0n) is 12.8. The molecule has 0 aromatic carbocycles. The SMILES string of the molecule is O=C(NCCNC1CCCCCC1)c1cnn2ccncc12. The summed E-state index contributed by atoms with van der Waals surface area (Å²) in [4.78, 5) is 16.2. The second kappa shape index (κ2) is 7.35. The van der Waals surface area contributed by atoms with Gasteiger partial charge in [-0.15, -0.1) is 0 Å². The van der Waals surface area contributed by atoms with Gasteiger partial charge >= 0.3 is 0 Å². The third-order valence-electron chi connectivity index (χ3n) is 4.27. The van der Waals surface area contributed by atoms with E-state index in [9.17, 15) is 4.79 Å². The molecule has 2 aromatic heterocycles. The van der Waals surface area contributed by atoms with Crippen LogP contribution < -0.4 is 10.6 Å². The lowest BCUT2D eigenvalue weighted by Gasteiger charge is -2.16. The summed E-state index contributed by atoms with van der Waals surface area (Å²) in [6.45, 7) is 1.45. The maximum absolute atomic E-state index is 12.2. The molecule has 0 radical (unpaired) electrons. The lowest BCUT2D eigenvalue weighted by molar-refractivity contribution is 0.0955. The lowest BCUT2D eigenvalue weighted by atomic mass is 10.1. The van der Waals surface area contributed by atoms with E-state index >= 15 is 0 Å². The van der Waals surface area contributed by atoms with Gasteiger partial charge in [0.2, 0.25) is 0 Å². The molecule has 22 heavy (non-hydrogen) atoms. The largest absolute Gasteiger partial charge is 0.351 e. The highest BCUT2D eigenvalue weighted by molar-refractivity contribution is 6.00. The normalized spacial score (nSPS) is 16.5. The fourth-order valence-electron chi connectivity index (χ4n) is 3.04. The van der Waals surface area contributed by atoms with E-state index in [0.29, 0.717) is 18.2 Å². The Morgan fingerprint density at radius 3 is 2.82 bits per heavy atom. The van der Waals surface area contributed by atoms with Crippen molar-refractivity contribution in [1.82, 2.24) is 25.2 Å². The van der Waals surface area contributed by atoms with Gasteiger partial charge in [-0.05, 0) is 12.8 Å². The molecule has 0 saturated heterocycles. The minimum atomic E-state index is -0.0920. The minimum Gasteiger partial charge on any atom is -0.351 e. The van der Waals surface area contributed by atoms with E-state index in [1.54, 1.807) is 29.3 Å². The van der Waals surface area contributed by atoms with Crippen molar-refractivity contribution in [2.75, 3.05) is 13.1 Å². The number of hydrogen-bond donors (Lipinski definition) is 2. The van der Waals surface area contributed by atoms with Gasteiger partial charge in [0.15, 0.2) is 0 Å². The number of nitrogens with zero attached hydrogens (tertiary/aromatic N) is 3. The van der Waals surface area contributed by atoms with Gasteiger partial charge in [-0.1, -0.05) is 25.7 Å². The molecular formula is C16H23N5O. The molecule has 6 nitrogen and oxygen atoms in total. The second-order valence-corrected chi connectivity index (χ2v) is 5.86. The highest BCUT2D eigenvalue weighted by atomic mass is 16.1. The average molecular weight is 301 g/mol. The summed E-state index contributed by atoms with van der Waals surface area (Å²) < 4.78 is 1.66. The summed E-state index contributed by atoms with van der Waals surface area (Å²) in [6.07, 6.45) is 14.5. The topological polar surface area (TPSA) is 71.3 Å². The van der Waals surface area contributed by atoms with E-state index in [4.69, 9.17) is 0 Å². The Morgan fingerprint density at radius 1 is 1.18 bits per heavy atom. The van der Waals surface area contributed by atoms with Crippen LogP contribution in [0, 0.1) is 0 Å². The molecule has 0 spiro atoms. The van der Waals surface area contributed by atoms with Crippen LogP contribution in [0.15, 0.2) is 24.8 Å². The van der Waals surface area contributed by atoms with Crippen molar-refractivity contribution < 1.29 is 4.79 Å². The Morgan fingerprint density at radius 2 is 2.00 bits per heavy atom. The van der Waals surface area contributed by atoms with Crippen LogP contribution in [0.5, 0.6) is 0 Å². The number of aromatic nitrogens is 3. The number of nitrogens with one attached hydrogen (secondary N) is 2. The Hall–Kier alpha value is -1.95. The van der Waals surface area contributed by atoms with Crippen LogP contribution in [0.4, 0.5) is 0 Å². The highest BCUT2D eigenvalue weighted by Gasteiger charge is 2.13. The first kappa shape index (κ1) is 15.0. The highest BCUT2D eigenvalue weighted by Crippen LogP contribution is 2.16. The second-order valence-electron chi connectivity index (χ2n) is 5.86. The van der Waals surface area contributed by atoms with Crippen molar-refractivity contribution in [3.63, 3.8) is 0 Å². The van der Waals surface area contributed by atoms with Crippen LogP contribution in [-0.4, -0.2) is 39.6 Å². The smallest absolute Gasteiger partial charge is 0.255 e. The van der Waals surface area contributed by atoms with Crippen molar-refractivity contribution in [1.29, 1.82) is 0 Å².